The Balaban J connectivity index is 2.84. The first-order chi connectivity index (χ1) is 6.27. The van der Waals surface area contributed by atoms with Crippen molar-refractivity contribution in [3.05, 3.63) is 0 Å². The minimum Gasteiger partial charge on any atom is -0.0739 e. The third-order valence-corrected chi connectivity index (χ3v) is 12.1. The summed E-state index contributed by atoms with van der Waals surface area (Å²) in [7, 11) is 2.73. The maximum atomic E-state index is 2.44. The van der Waals surface area contributed by atoms with Gasteiger partial charge in [0.05, 0.1) is 0 Å². The highest BCUT2D eigenvalue weighted by atomic mass is 29.5. The summed E-state index contributed by atoms with van der Waals surface area (Å²) >= 11 is 0. The quantitative estimate of drug-likeness (QED) is 0.419. The predicted molar refractivity (Wildman–Crippen MR) is 67.2 cm³/mol. The maximum Gasteiger partial charge on any atom is 0.0241 e. The van der Waals surface area contributed by atoms with Crippen molar-refractivity contribution < 1.29 is 0 Å². The fraction of sp³-hybridized carbons (Fsp3) is 1.00. The van der Waals surface area contributed by atoms with Crippen molar-refractivity contribution in [2.24, 2.45) is 0 Å². The van der Waals surface area contributed by atoms with E-state index in [0.717, 1.165) is 0 Å². The van der Waals surface area contributed by atoms with Crippen LogP contribution in [0.4, 0.5) is 0 Å². The molecule has 5 radical (unpaired) electrons. The van der Waals surface area contributed by atoms with Crippen molar-refractivity contribution in [3.8, 4) is 0 Å². The Morgan fingerprint density at radius 2 is 1.54 bits per heavy atom. The molecule has 0 aliphatic carbocycles. The first-order valence-electron chi connectivity index (χ1n) is 5.56. The molecule has 0 aromatic carbocycles. The van der Waals surface area contributed by atoms with Crippen LogP contribution in [-0.2, 0) is 0 Å². The van der Waals surface area contributed by atoms with Crippen LogP contribution in [0.5, 0.6) is 0 Å². The molecule has 0 fully saturated rings. The minimum absolute atomic E-state index is 0.105. The highest BCUT2D eigenvalue weighted by Crippen LogP contribution is 2.06. The Kier molecular flexibility index (Phi) is 11.3. The summed E-state index contributed by atoms with van der Waals surface area (Å²) in [4.78, 5) is 0. The molecule has 0 atom stereocenters. The molecule has 75 valence electrons. The van der Waals surface area contributed by atoms with Gasteiger partial charge in [0.2, 0.25) is 0 Å². The van der Waals surface area contributed by atoms with E-state index in [1.807, 2.05) is 0 Å². The average Bonchev–Trinajstić information content (AvgIpc) is 2.09. The molecule has 0 aromatic heterocycles. The Labute approximate surface area is 90.7 Å². The normalized spacial score (nSPS) is 11.1. The average molecular weight is 228 g/mol. The van der Waals surface area contributed by atoms with Gasteiger partial charge < -0.3 is 0 Å². The molecule has 13 heavy (non-hydrogen) atoms. The zero-order valence-corrected chi connectivity index (χ0v) is 12.4. The second-order valence-electron chi connectivity index (χ2n) is 3.82. The lowest BCUT2D eigenvalue weighted by molar-refractivity contribution is 0.624. The highest BCUT2D eigenvalue weighted by Gasteiger charge is 1.97. The van der Waals surface area contributed by atoms with Crippen LogP contribution < -0.4 is 0 Å². The second kappa shape index (κ2) is 10.7. The summed E-state index contributed by atoms with van der Waals surface area (Å²) < 4.78 is 0. The van der Waals surface area contributed by atoms with Gasteiger partial charge in [0, 0.05) is 25.9 Å². The zero-order chi connectivity index (χ0) is 9.94. The fourth-order valence-corrected chi connectivity index (χ4v) is 8.41. The molecule has 0 amide bonds. The van der Waals surface area contributed by atoms with E-state index < -0.39 is 0 Å². The topological polar surface area (TPSA) is 0 Å². The van der Waals surface area contributed by atoms with Crippen LogP contribution in [0, 0.1) is 0 Å². The van der Waals surface area contributed by atoms with Gasteiger partial charge in [-0.3, -0.25) is 0 Å². The van der Waals surface area contributed by atoms with Crippen LogP contribution in [-0.4, -0.2) is 25.9 Å². The second-order valence-corrected chi connectivity index (χ2v) is 14.0. The summed E-state index contributed by atoms with van der Waals surface area (Å²) in [6.07, 6.45) is 8.77. The molecule has 0 saturated carbocycles. The molecule has 0 nitrogen and oxygen atoms in total. The van der Waals surface area contributed by atoms with Gasteiger partial charge in [0.1, 0.15) is 0 Å². The van der Waals surface area contributed by atoms with E-state index in [0.29, 0.717) is 0 Å². The lowest BCUT2D eigenvalue weighted by Gasteiger charge is -2.01. The molecule has 0 N–H and O–H groups in total. The molecule has 3 heteroatoms. The van der Waals surface area contributed by atoms with Crippen LogP contribution in [0.15, 0.2) is 0 Å². The standard InChI is InChI=1S/C10H23Si3/c1-4-5-6-7-8-9-10-11-12-13(2)3/h4-10H2,1-3H3. The lowest BCUT2D eigenvalue weighted by Crippen LogP contribution is -2.19. The monoisotopic (exact) mass is 227 g/mol. The van der Waals surface area contributed by atoms with Crippen molar-refractivity contribution >= 4 is 25.9 Å². The summed E-state index contributed by atoms with van der Waals surface area (Å²) in [6, 6.07) is 1.53. The van der Waals surface area contributed by atoms with Gasteiger partial charge in [0.25, 0.3) is 0 Å². The SMILES string of the molecule is CCCCCCCC[Si][Si][Si](C)C. The first-order valence-corrected chi connectivity index (χ1v) is 12.3. The number of hydrogen-bond donors (Lipinski definition) is 0. The van der Waals surface area contributed by atoms with Crippen molar-refractivity contribution in [1.29, 1.82) is 0 Å². The molecular formula is C10H23Si3. The fourth-order valence-electron chi connectivity index (χ4n) is 1.23. The van der Waals surface area contributed by atoms with E-state index in [-0.39, 0.29) is 8.31 Å². The Hall–Kier alpha value is 0.651. The third kappa shape index (κ3) is 12.7. The van der Waals surface area contributed by atoms with E-state index in [1.54, 1.807) is 0 Å². The van der Waals surface area contributed by atoms with Crippen molar-refractivity contribution in [3.63, 3.8) is 0 Å². The van der Waals surface area contributed by atoms with Crippen LogP contribution >= 0.6 is 0 Å². The van der Waals surface area contributed by atoms with E-state index in [1.165, 1.54) is 62.2 Å². The van der Waals surface area contributed by atoms with E-state index in [2.05, 4.69) is 20.0 Å². The van der Waals surface area contributed by atoms with Gasteiger partial charge in [-0.1, -0.05) is 64.6 Å². The first kappa shape index (κ1) is 13.7. The van der Waals surface area contributed by atoms with Crippen molar-refractivity contribution in [1.82, 2.24) is 0 Å². The van der Waals surface area contributed by atoms with Gasteiger partial charge in [-0.2, -0.15) is 0 Å². The lowest BCUT2D eigenvalue weighted by atomic mass is 10.1. The van der Waals surface area contributed by atoms with Gasteiger partial charge >= 0.3 is 0 Å². The van der Waals surface area contributed by atoms with Crippen molar-refractivity contribution in [2.45, 2.75) is 64.6 Å². The largest absolute Gasteiger partial charge is 0.0739 e. The Morgan fingerprint density at radius 1 is 0.923 bits per heavy atom. The molecule has 0 aliphatic rings. The van der Waals surface area contributed by atoms with Gasteiger partial charge in [-0.25, -0.2) is 0 Å². The minimum atomic E-state index is 0.105. The smallest absolute Gasteiger partial charge is 0.0241 e. The van der Waals surface area contributed by atoms with E-state index in [4.69, 9.17) is 0 Å². The number of hydrogen-bond acceptors (Lipinski definition) is 0. The predicted octanol–water partition coefficient (Wildman–Crippen LogP) is 3.34. The summed E-state index contributed by atoms with van der Waals surface area (Å²) in [5, 5.41) is 0. The molecule has 0 saturated heterocycles. The van der Waals surface area contributed by atoms with Gasteiger partial charge in [-0.15, -0.1) is 0 Å². The summed E-state index contributed by atoms with van der Waals surface area (Å²) in [5.41, 5.74) is 0. The van der Waals surface area contributed by atoms with Gasteiger partial charge in [-0.05, 0) is 0 Å². The Morgan fingerprint density at radius 3 is 2.15 bits per heavy atom. The molecule has 0 bridgehead atoms. The van der Waals surface area contributed by atoms with Gasteiger partial charge in [0.15, 0.2) is 0 Å². The zero-order valence-electron chi connectivity index (χ0n) is 9.45. The highest BCUT2D eigenvalue weighted by molar-refractivity contribution is 7.35. The maximum absolute atomic E-state index is 2.44. The summed E-state index contributed by atoms with van der Waals surface area (Å²) in [6.45, 7) is 7.17. The molecule has 0 unspecified atom stereocenters. The van der Waals surface area contributed by atoms with Crippen molar-refractivity contribution in [2.75, 3.05) is 0 Å². The van der Waals surface area contributed by atoms with Crippen LogP contribution in [0.1, 0.15) is 45.4 Å². The van der Waals surface area contributed by atoms with Crippen LogP contribution in [0.25, 0.3) is 0 Å². The molecule has 0 spiro atoms. The van der Waals surface area contributed by atoms with E-state index >= 15 is 0 Å². The molecule has 0 aromatic rings. The van der Waals surface area contributed by atoms with Crippen LogP contribution in [0.3, 0.4) is 0 Å². The summed E-state index contributed by atoms with van der Waals surface area (Å²) in [5.74, 6) is 0. The number of unbranched alkanes of at least 4 members (excludes halogenated alkanes) is 5. The molecular weight excluding hydrogens is 204 g/mol. The third-order valence-electron chi connectivity index (χ3n) is 1.99. The number of rotatable bonds is 9. The molecule has 0 heterocycles. The van der Waals surface area contributed by atoms with Crippen LogP contribution in [0.2, 0.25) is 19.1 Å². The Bertz CT molecular complexity index is 94.2. The molecule has 0 aliphatic heterocycles. The molecule has 0 rings (SSSR count). The van der Waals surface area contributed by atoms with E-state index in [9.17, 15) is 0 Å².